The molecule has 2 aliphatic rings. The molecule has 0 aromatic heterocycles. The van der Waals surface area contributed by atoms with Crippen molar-refractivity contribution in [2.24, 2.45) is 10.7 Å². The number of thioether (sulfide) groups is 1. The van der Waals surface area contributed by atoms with Gasteiger partial charge in [-0.3, -0.25) is 19.3 Å². The Balaban J connectivity index is 1.60. The lowest BCUT2D eigenvalue weighted by atomic mass is 10.1. The van der Waals surface area contributed by atoms with Gasteiger partial charge in [0.05, 0.1) is 21.7 Å². The number of aliphatic imine (C=N–C) groups is 1. The van der Waals surface area contributed by atoms with E-state index >= 15 is 0 Å². The lowest BCUT2D eigenvalue weighted by Crippen LogP contribution is -2.35. The normalized spacial score (nSPS) is 18.3. The third-order valence-electron chi connectivity index (χ3n) is 4.54. The van der Waals surface area contributed by atoms with Crippen LogP contribution < -0.4 is 16.0 Å². The third kappa shape index (κ3) is 3.91. The molecule has 0 aliphatic carbocycles. The molecular formula is C20H13F3N4O3S. The number of anilines is 2. The summed E-state index contributed by atoms with van der Waals surface area (Å²) in [5, 5.41) is 2.38. The molecule has 0 spiro atoms. The van der Waals surface area contributed by atoms with Crippen molar-refractivity contribution < 1.29 is 27.6 Å². The maximum absolute atomic E-state index is 13.1. The molecule has 7 nitrogen and oxygen atoms in total. The summed E-state index contributed by atoms with van der Waals surface area (Å²) in [6.07, 6.45) is -4.55. The minimum atomic E-state index is -4.55. The van der Waals surface area contributed by atoms with Crippen LogP contribution in [0.3, 0.4) is 0 Å². The van der Waals surface area contributed by atoms with Crippen LogP contribution in [-0.4, -0.2) is 29.4 Å². The lowest BCUT2D eigenvalue weighted by molar-refractivity contribution is -0.137. The van der Waals surface area contributed by atoms with Crippen molar-refractivity contribution in [3.8, 4) is 0 Å². The molecule has 11 heteroatoms. The summed E-state index contributed by atoms with van der Waals surface area (Å²) in [4.78, 5) is 42.5. The fraction of sp³-hybridized carbons (Fsp3) is 0.100. The van der Waals surface area contributed by atoms with E-state index in [0.717, 1.165) is 28.8 Å². The predicted octanol–water partition coefficient (Wildman–Crippen LogP) is 2.99. The third-order valence-corrected chi connectivity index (χ3v) is 5.42. The van der Waals surface area contributed by atoms with Gasteiger partial charge in [-0.15, -0.1) is 0 Å². The molecule has 0 radical (unpaired) electrons. The molecular weight excluding hydrogens is 433 g/mol. The molecule has 31 heavy (non-hydrogen) atoms. The molecule has 2 aromatic carbocycles. The van der Waals surface area contributed by atoms with Crippen LogP contribution in [-0.2, 0) is 20.6 Å². The van der Waals surface area contributed by atoms with Crippen molar-refractivity contribution in [2.75, 3.05) is 16.8 Å². The molecule has 0 fully saturated rings. The lowest BCUT2D eigenvalue weighted by Gasteiger charge is -2.17. The molecule has 158 valence electrons. The van der Waals surface area contributed by atoms with Crippen molar-refractivity contribution in [3.63, 3.8) is 0 Å². The van der Waals surface area contributed by atoms with Gasteiger partial charge in [0, 0.05) is 11.3 Å². The van der Waals surface area contributed by atoms with Crippen LogP contribution in [0.1, 0.15) is 11.1 Å². The van der Waals surface area contributed by atoms with Crippen LogP contribution in [0.15, 0.2) is 58.4 Å². The summed E-state index contributed by atoms with van der Waals surface area (Å²) in [5.74, 6) is -1.94. The van der Waals surface area contributed by atoms with Gasteiger partial charge in [0.2, 0.25) is 5.91 Å². The standard InChI is InChI=1S/C20H13F3N4O3S/c21-20(22,23)10-4-3-5-11(8-10)25-14(28)9-27-13-7-2-1-6-12(13)15(18(27)30)16-17(29)26-19(24)31-16/h1-8H,9H2,(H,25,28)(H2,24,26,29)/b16-15+. The largest absolute Gasteiger partial charge is 0.416 e. The van der Waals surface area contributed by atoms with E-state index in [1.54, 1.807) is 24.3 Å². The second-order valence-electron chi connectivity index (χ2n) is 6.60. The number of carbonyl (C=O) groups is 3. The van der Waals surface area contributed by atoms with Crippen molar-refractivity contribution in [1.82, 2.24) is 0 Å². The van der Waals surface area contributed by atoms with Gasteiger partial charge in [-0.1, -0.05) is 24.3 Å². The van der Waals surface area contributed by atoms with E-state index in [2.05, 4.69) is 10.3 Å². The first-order valence-electron chi connectivity index (χ1n) is 8.84. The van der Waals surface area contributed by atoms with Crippen LogP contribution >= 0.6 is 11.8 Å². The summed E-state index contributed by atoms with van der Waals surface area (Å²) in [6, 6.07) is 10.7. The minimum absolute atomic E-state index is 0.0125. The number of benzene rings is 2. The molecule has 0 saturated heterocycles. The highest BCUT2D eigenvalue weighted by Gasteiger charge is 2.39. The number of nitrogens with one attached hydrogen (secondary N) is 1. The van der Waals surface area contributed by atoms with Crippen LogP contribution in [0.25, 0.3) is 5.57 Å². The zero-order valence-corrected chi connectivity index (χ0v) is 16.4. The molecule has 2 aromatic rings. The van der Waals surface area contributed by atoms with Crippen LogP contribution in [0.5, 0.6) is 0 Å². The Morgan fingerprint density at radius 1 is 1.13 bits per heavy atom. The van der Waals surface area contributed by atoms with E-state index in [0.29, 0.717) is 11.3 Å². The zero-order valence-electron chi connectivity index (χ0n) is 15.6. The molecule has 4 rings (SSSR count). The van der Waals surface area contributed by atoms with Crippen LogP contribution in [0.2, 0.25) is 0 Å². The molecule has 2 heterocycles. The number of alkyl halides is 3. The van der Waals surface area contributed by atoms with Crippen molar-refractivity contribution >= 4 is 51.6 Å². The van der Waals surface area contributed by atoms with Gasteiger partial charge in [0.15, 0.2) is 5.17 Å². The summed E-state index contributed by atoms with van der Waals surface area (Å²) in [6.45, 7) is -0.460. The maximum Gasteiger partial charge on any atom is 0.416 e. The highest BCUT2D eigenvalue weighted by molar-refractivity contribution is 8.18. The number of nitrogens with two attached hydrogens (primary N) is 1. The summed E-state index contributed by atoms with van der Waals surface area (Å²) in [7, 11) is 0. The molecule has 0 bridgehead atoms. The number of amidine groups is 1. The first kappa shape index (κ1) is 20.7. The number of fused-ring (bicyclic) bond motifs is 1. The van der Waals surface area contributed by atoms with E-state index in [9.17, 15) is 27.6 Å². The second kappa shape index (κ2) is 7.58. The highest BCUT2D eigenvalue weighted by Crippen LogP contribution is 2.42. The number of hydrogen-bond acceptors (Lipinski definition) is 5. The molecule has 3 N–H and O–H groups in total. The molecule has 2 aliphatic heterocycles. The number of hydrogen-bond donors (Lipinski definition) is 2. The van der Waals surface area contributed by atoms with Gasteiger partial charge in [-0.2, -0.15) is 18.2 Å². The van der Waals surface area contributed by atoms with E-state index in [1.807, 2.05) is 0 Å². The van der Waals surface area contributed by atoms with E-state index in [1.165, 1.54) is 12.1 Å². The zero-order chi connectivity index (χ0) is 22.3. The average Bonchev–Trinajstić information content (AvgIpc) is 3.17. The first-order valence-corrected chi connectivity index (χ1v) is 9.66. The van der Waals surface area contributed by atoms with Crippen molar-refractivity contribution in [3.05, 3.63) is 64.6 Å². The molecule has 0 saturated carbocycles. The smallest absolute Gasteiger partial charge is 0.378 e. The van der Waals surface area contributed by atoms with E-state index in [-0.39, 0.29) is 21.3 Å². The first-order chi connectivity index (χ1) is 14.6. The maximum atomic E-state index is 13.1. The van der Waals surface area contributed by atoms with Crippen molar-refractivity contribution in [2.45, 2.75) is 6.18 Å². The number of rotatable bonds is 3. The SMILES string of the molecule is NC1=NC(=O)/C(=C2\C(=O)N(CC(=O)Nc3cccc(C(F)(F)F)c3)c3ccccc32)S1. The number of para-hydroxylation sites is 1. The minimum Gasteiger partial charge on any atom is -0.378 e. The number of halogens is 3. The van der Waals surface area contributed by atoms with Crippen molar-refractivity contribution in [1.29, 1.82) is 0 Å². The highest BCUT2D eigenvalue weighted by atomic mass is 32.2. The Morgan fingerprint density at radius 3 is 2.55 bits per heavy atom. The topological polar surface area (TPSA) is 105 Å². The Bertz CT molecular complexity index is 1190. The monoisotopic (exact) mass is 446 g/mol. The predicted molar refractivity (Wildman–Crippen MR) is 110 cm³/mol. The summed E-state index contributed by atoms with van der Waals surface area (Å²) in [5.41, 5.74) is 5.54. The Morgan fingerprint density at radius 2 is 1.87 bits per heavy atom. The second-order valence-corrected chi connectivity index (χ2v) is 7.63. The average molecular weight is 446 g/mol. The quantitative estimate of drug-likeness (QED) is 0.706. The van der Waals surface area contributed by atoms with E-state index in [4.69, 9.17) is 5.73 Å². The molecule has 3 amide bonds. The Hall–Kier alpha value is -3.60. The number of amides is 3. The van der Waals surface area contributed by atoms with Gasteiger partial charge in [0.1, 0.15) is 6.54 Å². The number of nitrogens with zero attached hydrogens (tertiary/aromatic N) is 2. The van der Waals surface area contributed by atoms with E-state index < -0.39 is 36.0 Å². The molecule has 0 atom stereocenters. The van der Waals surface area contributed by atoms with Gasteiger partial charge < -0.3 is 11.1 Å². The van der Waals surface area contributed by atoms with Crippen LogP contribution in [0.4, 0.5) is 24.5 Å². The van der Waals surface area contributed by atoms with Gasteiger partial charge in [-0.05, 0) is 36.0 Å². The fourth-order valence-corrected chi connectivity index (χ4v) is 4.02. The van der Waals surface area contributed by atoms with Gasteiger partial charge in [-0.25, -0.2) is 0 Å². The number of carbonyl (C=O) groups excluding carboxylic acids is 3. The van der Waals surface area contributed by atoms with Crippen LogP contribution in [0, 0.1) is 0 Å². The van der Waals surface area contributed by atoms with Gasteiger partial charge in [0.25, 0.3) is 11.8 Å². The summed E-state index contributed by atoms with van der Waals surface area (Å²) < 4.78 is 38.6. The van der Waals surface area contributed by atoms with Gasteiger partial charge >= 0.3 is 6.18 Å². The Kier molecular flexibility index (Phi) is 5.05. The Labute approximate surface area is 177 Å². The fourth-order valence-electron chi connectivity index (χ4n) is 3.25. The molecule has 0 unspecified atom stereocenters. The summed E-state index contributed by atoms with van der Waals surface area (Å²) >= 11 is 0.869.